The number of sulfonamides is 1. The van der Waals surface area contributed by atoms with Crippen molar-refractivity contribution in [3.63, 3.8) is 0 Å². The van der Waals surface area contributed by atoms with Gasteiger partial charge in [0.2, 0.25) is 10.0 Å². The van der Waals surface area contributed by atoms with Gasteiger partial charge in [-0.15, -0.1) is 0 Å². The maximum absolute atomic E-state index is 12.5. The Kier molecular flexibility index (Phi) is 5.81. The highest BCUT2D eigenvalue weighted by atomic mass is 32.2. The zero-order chi connectivity index (χ0) is 18.6. The van der Waals surface area contributed by atoms with Crippen molar-refractivity contribution in [1.29, 1.82) is 0 Å². The Morgan fingerprint density at radius 1 is 1.36 bits per heavy atom. The minimum Gasteiger partial charge on any atom is -0.494 e. The number of nitrogens with one attached hydrogen (secondary N) is 1. The van der Waals surface area contributed by atoms with Crippen LogP contribution in [-0.2, 0) is 14.8 Å². The molecular formula is C16H21N3O5S. The van der Waals surface area contributed by atoms with Crippen molar-refractivity contribution in [2.24, 2.45) is 5.92 Å². The van der Waals surface area contributed by atoms with Crippen molar-refractivity contribution in [3.8, 4) is 11.4 Å². The fourth-order valence-corrected chi connectivity index (χ4v) is 3.45. The molecule has 1 atom stereocenters. The predicted molar refractivity (Wildman–Crippen MR) is 91.3 cm³/mol. The first kappa shape index (κ1) is 18.9. The van der Waals surface area contributed by atoms with Crippen LogP contribution in [0, 0.1) is 5.92 Å². The van der Waals surface area contributed by atoms with Crippen LogP contribution in [0.3, 0.4) is 0 Å². The zero-order valence-electron chi connectivity index (χ0n) is 14.2. The molecule has 0 aliphatic rings. The number of aromatic nitrogens is 2. The van der Waals surface area contributed by atoms with E-state index in [1.54, 1.807) is 24.3 Å². The number of para-hydroxylation sites is 2. The SMILES string of the molecule is COc1ccccc1-n1cc(S(=O)(=O)N[C@@H](CC(C)C)C(=O)O)cn1. The molecule has 0 spiro atoms. The lowest BCUT2D eigenvalue weighted by atomic mass is 10.1. The molecule has 0 radical (unpaired) electrons. The fraction of sp³-hybridized carbons (Fsp3) is 0.375. The van der Waals surface area contributed by atoms with Crippen molar-refractivity contribution in [2.75, 3.05) is 7.11 Å². The summed E-state index contributed by atoms with van der Waals surface area (Å²) in [7, 11) is -2.51. The minimum absolute atomic E-state index is 0.0279. The lowest BCUT2D eigenvalue weighted by Gasteiger charge is -2.15. The minimum atomic E-state index is -4.01. The van der Waals surface area contributed by atoms with E-state index < -0.39 is 22.0 Å². The van der Waals surface area contributed by atoms with E-state index >= 15 is 0 Å². The topological polar surface area (TPSA) is 111 Å². The summed E-state index contributed by atoms with van der Waals surface area (Å²) in [5, 5.41) is 13.3. The van der Waals surface area contributed by atoms with Crippen molar-refractivity contribution in [3.05, 3.63) is 36.7 Å². The van der Waals surface area contributed by atoms with Crippen LogP contribution < -0.4 is 9.46 Å². The third-order valence-electron chi connectivity index (χ3n) is 3.50. The second kappa shape index (κ2) is 7.66. The fourth-order valence-electron chi connectivity index (χ4n) is 2.32. The summed E-state index contributed by atoms with van der Waals surface area (Å²) in [6.45, 7) is 3.65. The smallest absolute Gasteiger partial charge is 0.321 e. The molecule has 136 valence electrons. The van der Waals surface area contributed by atoms with E-state index in [9.17, 15) is 18.3 Å². The van der Waals surface area contributed by atoms with Gasteiger partial charge in [-0.3, -0.25) is 4.79 Å². The lowest BCUT2D eigenvalue weighted by Crippen LogP contribution is -2.41. The molecule has 0 bridgehead atoms. The zero-order valence-corrected chi connectivity index (χ0v) is 15.0. The van der Waals surface area contributed by atoms with E-state index in [4.69, 9.17) is 4.74 Å². The first-order valence-electron chi connectivity index (χ1n) is 7.67. The molecule has 2 N–H and O–H groups in total. The Morgan fingerprint density at radius 2 is 2.04 bits per heavy atom. The summed E-state index contributed by atoms with van der Waals surface area (Å²) in [5.74, 6) is -0.653. The van der Waals surface area contributed by atoms with Gasteiger partial charge in [0.15, 0.2) is 0 Å². The van der Waals surface area contributed by atoms with E-state index in [0.29, 0.717) is 11.4 Å². The van der Waals surface area contributed by atoms with Crippen LogP contribution in [0.25, 0.3) is 5.69 Å². The Balaban J connectivity index is 2.29. The number of ether oxygens (including phenoxy) is 1. The summed E-state index contributed by atoms with van der Waals surface area (Å²) < 4.78 is 33.8. The Bertz CT molecular complexity index is 845. The number of carbonyl (C=O) groups is 1. The van der Waals surface area contributed by atoms with Crippen LogP contribution in [0.15, 0.2) is 41.6 Å². The highest BCUT2D eigenvalue weighted by Crippen LogP contribution is 2.22. The standard InChI is InChI=1S/C16H21N3O5S/c1-11(2)8-13(16(20)21)18-25(22,23)12-9-17-19(10-12)14-6-4-5-7-15(14)24-3/h4-7,9-11,13,18H,8H2,1-3H3,(H,20,21)/t13-/m0/s1. The van der Waals surface area contributed by atoms with Gasteiger partial charge in [0.1, 0.15) is 22.4 Å². The second-order valence-electron chi connectivity index (χ2n) is 5.93. The van der Waals surface area contributed by atoms with Gasteiger partial charge in [-0.2, -0.15) is 9.82 Å². The molecule has 9 heteroatoms. The number of hydrogen-bond donors (Lipinski definition) is 2. The van der Waals surface area contributed by atoms with E-state index in [2.05, 4.69) is 9.82 Å². The van der Waals surface area contributed by atoms with Crippen LogP contribution in [0.4, 0.5) is 0 Å². The van der Waals surface area contributed by atoms with Gasteiger partial charge in [-0.05, 0) is 24.5 Å². The van der Waals surface area contributed by atoms with E-state index in [1.807, 2.05) is 13.8 Å². The molecule has 1 aromatic heterocycles. The largest absolute Gasteiger partial charge is 0.494 e. The Hall–Kier alpha value is -2.39. The Morgan fingerprint density at radius 3 is 2.64 bits per heavy atom. The number of carboxylic acid groups (broad SMARTS) is 1. The Labute approximate surface area is 146 Å². The first-order valence-corrected chi connectivity index (χ1v) is 9.16. The van der Waals surface area contributed by atoms with Gasteiger partial charge >= 0.3 is 5.97 Å². The number of nitrogens with zero attached hydrogens (tertiary/aromatic N) is 2. The third-order valence-corrected chi connectivity index (χ3v) is 4.93. The van der Waals surface area contributed by atoms with E-state index in [0.717, 1.165) is 0 Å². The monoisotopic (exact) mass is 367 g/mol. The molecule has 0 saturated heterocycles. The highest BCUT2D eigenvalue weighted by molar-refractivity contribution is 7.89. The van der Waals surface area contributed by atoms with Gasteiger partial charge in [-0.25, -0.2) is 13.1 Å². The van der Waals surface area contributed by atoms with Crippen molar-refractivity contribution in [1.82, 2.24) is 14.5 Å². The molecule has 0 unspecified atom stereocenters. The predicted octanol–water partition coefficient (Wildman–Crippen LogP) is 1.66. The number of hydrogen-bond acceptors (Lipinski definition) is 5. The molecule has 8 nitrogen and oxygen atoms in total. The molecule has 0 aliphatic carbocycles. The highest BCUT2D eigenvalue weighted by Gasteiger charge is 2.27. The number of benzene rings is 1. The number of carboxylic acids is 1. The van der Waals surface area contributed by atoms with Crippen LogP contribution in [0.1, 0.15) is 20.3 Å². The molecule has 0 amide bonds. The first-order chi connectivity index (χ1) is 11.7. The molecule has 2 rings (SSSR count). The van der Waals surface area contributed by atoms with Gasteiger partial charge in [0.05, 0.1) is 19.5 Å². The maximum Gasteiger partial charge on any atom is 0.321 e. The van der Waals surface area contributed by atoms with Gasteiger partial charge in [0, 0.05) is 0 Å². The third kappa shape index (κ3) is 4.58. The molecule has 0 saturated carbocycles. The molecule has 0 aliphatic heterocycles. The quantitative estimate of drug-likeness (QED) is 0.734. The molecule has 0 fully saturated rings. The van der Waals surface area contributed by atoms with Crippen LogP contribution in [0.5, 0.6) is 5.75 Å². The van der Waals surface area contributed by atoms with E-state index in [-0.39, 0.29) is 17.2 Å². The average Bonchev–Trinajstić information content (AvgIpc) is 3.04. The maximum atomic E-state index is 12.5. The van der Waals surface area contributed by atoms with Crippen molar-refractivity contribution >= 4 is 16.0 Å². The van der Waals surface area contributed by atoms with Gasteiger partial charge in [-0.1, -0.05) is 26.0 Å². The van der Waals surface area contributed by atoms with Crippen molar-refractivity contribution < 1.29 is 23.1 Å². The molecule has 1 aromatic carbocycles. The molecule has 25 heavy (non-hydrogen) atoms. The summed E-state index contributed by atoms with van der Waals surface area (Å²) in [6.07, 6.45) is 2.67. The molecule has 1 heterocycles. The number of aliphatic carboxylic acids is 1. The summed E-state index contributed by atoms with van der Waals surface area (Å²) in [5.41, 5.74) is 0.573. The van der Waals surface area contributed by atoms with Crippen LogP contribution >= 0.6 is 0 Å². The number of methoxy groups -OCH3 is 1. The van der Waals surface area contributed by atoms with Crippen molar-refractivity contribution in [2.45, 2.75) is 31.2 Å². The van der Waals surface area contributed by atoms with E-state index in [1.165, 1.54) is 24.2 Å². The number of rotatable bonds is 8. The lowest BCUT2D eigenvalue weighted by molar-refractivity contribution is -0.139. The van der Waals surface area contributed by atoms with Crippen LogP contribution in [-0.4, -0.2) is 42.4 Å². The van der Waals surface area contributed by atoms with Gasteiger partial charge < -0.3 is 9.84 Å². The molecular weight excluding hydrogens is 346 g/mol. The van der Waals surface area contributed by atoms with Gasteiger partial charge in [0.25, 0.3) is 0 Å². The summed E-state index contributed by atoms with van der Waals surface area (Å²) in [4.78, 5) is 11.2. The van der Waals surface area contributed by atoms with Crippen LogP contribution in [0.2, 0.25) is 0 Å². The normalized spacial score (nSPS) is 13.0. The summed E-state index contributed by atoms with van der Waals surface area (Å²) in [6, 6.07) is 5.82. The summed E-state index contributed by atoms with van der Waals surface area (Å²) >= 11 is 0. The average molecular weight is 367 g/mol. The second-order valence-corrected chi connectivity index (χ2v) is 7.65. The molecule has 2 aromatic rings.